The van der Waals surface area contributed by atoms with E-state index in [0.29, 0.717) is 0 Å². The predicted octanol–water partition coefficient (Wildman–Crippen LogP) is -0.479. The number of hydrogen-bond acceptors (Lipinski definition) is 1. The molecule has 1 N–H and O–H groups in total. The Labute approximate surface area is 48.4 Å². The molecule has 0 saturated carbocycles. The van der Waals surface area contributed by atoms with Gasteiger partial charge in [-0.3, -0.25) is 0 Å². The normalized spacial score (nSPS) is 25.5. The van der Waals surface area contributed by atoms with Crippen molar-refractivity contribution >= 4 is 26.3 Å². The molecule has 0 atom stereocenters. The van der Waals surface area contributed by atoms with E-state index < -0.39 is 0 Å². The fourth-order valence-electron chi connectivity index (χ4n) is 0.301. The van der Waals surface area contributed by atoms with E-state index in [0.717, 1.165) is 36.9 Å². The topological polar surface area (TPSA) is 20.2 Å². The molecule has 0 amide bonds. The second kappa shape index (κ2) is 2.34. The molecular weight excluding hydrogens is 210 g/mol. The zero-order valence-electron chi connectivity index (χ0n) is 3.26. The minimum atomic E-state index is 0.102. The van der Waals surface area contributed by atoms with Crippen LogP contribution in [0.3, 0.4) is 0 Å². The van der Waals surface area contributed by atoms with Crippen molar-refractivity contribution in [3.8, 4) is 0 Å². The van der Waals surface area contributed by atoms with Gasteiger partial charge in [0.2, 0.25) is 0 Å². The number of aliphatic hydroxyl groups is 1. The molecule has 0 radical (unpaired) electrons. The monoisotopic (exact) mass is 218 g/mol. The SMILES string of the molecule is OC1C[Se][Se]C1. The van der Waals surface area contributed by atoms with Crippen LogP contribution in [0.15, 0.2) is 0 Å². The Hall–Kier alpha value is 0.999. The molecule has 3 heteroatoms. The standard InChI is InChI=1S/C3H6OSe2/c4-3-1-5-6-2-3/h3-4H,1-2H2. The van der Waals surface area contributed by atoms with Gasteiger partial charge in [0, 0.05) is 0 Å². The molecular formula is C3H6OSe2. The first-order valence-corrected chi connectivity index (χ1v) is 8.57. The molecule has 0 aromatic heterocycles. The molecule has 6 heavy (non-hydrogen) atoms. The van der Waals surface area contributed by atoms with E-state index in [9.17, 15) is 0 Å². The molecule has 1 rings (SSSR count). The fourth-order valence-corrected chi connectivity index (χ4v) is 8.14. The fraction of sp³-hybridized carbons (Fsp3) is 1.00. The van der Waals surface area contributed by atoms with Gasteiger partial charge < -0.3 is 0 Å². The Morgan fingerprint density at radius 3 is 2.00 bits per heavy atom. The maximum atomic E-state index is 8.76. The molecule has 36 valence electrons. The first-order chi connectivity index (χ1) is 2.89. The zero-order valence-corrected chi connectivity index (χ0v) is 6.68. The molecule has 0 bridgehead atoms. The molecule has 0 aromatic rings. The Bertz CT molecular complexity index is 42.1. The molecule has 0 spiro atoms. The van der Waals surface area contributed by atoms with Gasteiger partial charge in [-0.05, 0) is 0 Å². The zero-order chi connectivity index (χ0) is 4.41. The van der Waals surface area contributed by atoms with Crippen molar-refractivity contribution in [3.63, 3.8) is 0 Å². The summed E-state index contributed by atoms with van der Waals surface area (Å²) in [5, 5.41) is 11.0. The molecule has 0 unspecified atom stereocenters. The van der Waals surface area contributed by atoms with E-state index >= 15 is 0 Å². The van der Waals surface area contributed by atoms with Crippen molar-refractivity contribution in [2.75, 3.05) is 0 Å². The van der Waals surface area contributed by atoms with Crippen molar-refractivity contribution in [2.45, 2.75) is 16.7 Å². The molecule has 1 nitrogen and oxygen atoms in total. The van der Waals surface area contributed by atoms with Crippen LogP contribution in [-0.4, -0.2) is 37.5 Å². The first kappa shape index (κ1) is 5.14. The van der Waals surface area contributed by atoms with E-state index in [1.54, 1.807) is 0 Å². The van der Waals surface area contributed by atoms with E-state index in [-0.39, 0.29) is 6.10 Å². The average molecular weight is 216 g/mol. The first-order valence-electron chi connectivity index (χ1n) is 1.82. The molecule has 1 heterocycles. The number of aliphatic hydroxyl groups excluding tert-OH is 1. The summed E-state index contributed by atoms with van der Waals surface area (Å²) in [6.45, 7) is 0. The van der Waals surface area contributed by atoms with Gasteiger partial charge in [0.1, 0.15) is 0 Å². The Balaban J connectivity index is 2.18. The summed E-state index contributed by atoms with van der Waals surface area (Å²) >= 11 is 1.71. The van der Waals surface area contributed by atoms with Gasteiger partial charge in [0.25, 0.3) is 0 Å². The van der Waals surface area contributed by atoms with Crippen LogP contribution < -0.4 is 0 Å². The van der Waals surface area contributed by atoms with Crippen LogP contribution >= 0.6 is 0 Å². The molecule has 0 aromatic carbocycles. The van der Waals surface area contributed by atoms with Gasteiger partial charge in [0.05, 0.1) is 0 Å². The summed E-state index contributed by atoms with van der Waals surface area (Å²) in [6, 6.07) is 0. The van der Waals surface area contributed by atoms with Crippen molar-refractivity contribution in [1.82, 2.24) is 0 Å². The Morgan fingerprint density at radius 2 is 1.83 bits per heavy atom. The molecule has 1 aliphatic heterocycles. The van der Waals surface area contributed by atoms with Crippen molar-refractivity contribution in [2.24, 2.45) is 0 Å². The summed E-state index contributed by atoms with van der Waals surface area (Å²) in [5.41, 5.74) is 0. The Kier molecular flexibility index (Phi) is 2.01. The van der Waals surface area contributed by atoms with Crippen LogP contribution in [0, 0.1) is 0 Å². The van der Waals surface area contributed by atoms with Gasteiger partial charge in [-0.15, -0.1) is 0 Å². The summed E-state index contributed by atoms with van der Waals surface area (Å²) in [5.74, 6) is 0. The van der Waals surface area contributed by atoms with Crippen LogP contribution in [-0.2, 0) is 0 Å². The third kappa shape index (κ3) is 1.25. The van der Waals surface area contributed by atoms with Crippen molar-refractivity contribution < 1.29 is 5.11 Å². The predicted molar refractivity (Wildman–Crippen MR) is 27.1 cm³/mol. The average Bonchev–Trinajstić information content (AvgIpc) is 1.86. The summed E-state index contributed by atoms with van der Waals surface area (Å²) in [7, 11) is 0. The summed E-state index contributed by atoms with van der Waals surface area (Å²) in [6.07, 6.45) is 0.102. The van der Waals surface area contributed by atoms with Crippen LogP contribution in [0.1, 0.15) is 0 Å². The number of rotatable bonds is 0. The van der Waals surface area contributed by atoms with Crippen LogP contribution in [0.4, 0.5) is 0 Å². The number of hydrogen-bond donors (Lipinski definition) is 1. The van der Waals surface area contributed by atoms with Gasteiger partial charge in [-0.1, -0.05) is 0 Å². The minimum absolute atomic E-state index is 0.102. The quantitative estimate of drug-likeness (QED) is 0.542. The van der Waals surface area contributed by atoms with Gasteiger partial charge in [-0.25, -0.2) is 0 Å². The second-order valence-electron chi connectivity index (χ2n) is 1.22. The van der Waals surface area contributed by atoms with Gasteiger partial charge in [0.15, 0.2) is 0 Å². The van der Waals surface area contributed by atoms with Crippen LogP contribution in [0.5, 0.6) is 0 Å². The third-order valence-corrected chi connectivity index (χ3v) is 7.92. The van der Waals surface area contributed by atoms with Crippen LogP contribution in [0.25, 0.3) is 0 Å². The molecule has 1 saturated heterocycles. The third-order valence-electron chi connectivity index (χ3n) is 0.604. The van der Waals surface area contributed by atoms with E-state index in [1.807, 2.05) is 0 Å². The summed E-state index contributed by atoms with van der Waals surface area (Å²) in [4.78, 5) is 0. The van der Waals surface area contributed by atoms with Gasteiger partial charge in [-0.2, -0.15) is 0 Å². The van der Waals surface area contributed by atoms with Crippen molar-refractivity contribution in [1.29, 1.82) is 0 Å². The maximum absolute atomic E-state index is 8.76. The van der Waals surface area contributed by atoms with E-state index in [2.05, 4.69) is 0 Å². The Morgan fingerprint density at radius 1 is 1.33 bits per heavy atom. The molecule has 0 aliphatic carbocycles. The van der Waals surface area contributed by atoms with Crippen molar-refractivity contribution in [3.05, 3.63) is 0 Å². The van der Waals surface area contributed by atoms with E-state index in [1.165, 1.54) is 0 Å². The second-order valence-corrected chi connectivity index (χ2v) is 8.75. The summed E-state index contributed by atoms with van der Waals surface area (Å²) < 4.78 is 0. The molecule has 1 fully saturated rings. The van der Waals surface area contributed by atoms with E-state index in [4.69, 9.17) is 5.11 Å². The van der Waals surface area contributed by atoms with Crippen LogP contribution in [0.2, 0.25) is 10.6 Å². The van der Waals surface area contributed by atoms with Gasteiger partial charge >= 0.3 is 48.1 Å². The molecule has 1 aliphatic rings.